The lowest BCUT2D eigenvalue weighted by atomic mass is 10.1. The fourth-order valence-corrected chi connectivity index (χ4v) is 4.70. The summed E-state index contributed by atoms with van der Waals surface area (Å²) in [5, 5.41) is 2.95. The quantitative estimate of drug-likeness (QED) is 0.585. The van der Waals surface area contributed by atoms with E-state index in [-0.39, 0.29) is 16.8 Å². The molecule has 0 aromatic heterocycles. The minimum Gasteiger partial charge on any atom is -0.379 e. The second-order valence-electron chi connectivity index (χ2n) is 7.70. The van der Waals surface area contributed by atoms with Crippen LogP contribution in [0, 0.1) is 0 Å². The first kappa shape index (κ1) is 23.4. The van der Waals surface area contributed by atoms with Crippen LogP contribution >= 0.6 is 0 Å². The molecule has 0 saturated carbocycles. The maximum Gasteiger partial charge on any atom is 0.241 e. The molecule has 31 heavy (non-hydrogen) atoms. The SMILES string of the molecule is C[C@H](NS(=O)(=O)c1ccc(CCC(=O)NCCN2CCOCC2)cc1)c1ccccc1. The van der Waals surface area contributed by atoms with Gasteiger partial charge < -0.3 is 10.1 Å². The maximum atomic E-state index is 12.7. The van der Waals surface area contributed by atoms with Gasteiger partial charge in [0.05, 0.1) is 18.1 Å². The fraction of sp³-hybridized carbons (Fsp3) is 0.435. The molecule has 2 aromatic rings. The Labute approximate surface area is 184 Å². The van der Waals surface area contributed by atoms with Crippen LogP contribution in [0.1, 0.15) is 30.5 Å². The first-order valence-electron chi connectivity index (χ1n) is 10.7. The van der Waals surface area contributed by atoms with Crippen LogP contribution in [0.4, 0.5) is 0 Å². The van der Waals surface area contributed by atoms with Crippen molar-refractivity contribution in [1.82, 2.24) is 14.9 Å². The molecule has 1 heterocycles. The number of morpholine rings is 1. The predicted octanol–water partition coefficient (Wildman–Crippen LogP) is 2.11. The average molecular weight is 446 g/mol. The van der Waals surface area contributed by atoms with Gasteiger partial charge in [0, 0.05) is 38.6 Å². The third-order valence-corrected chi connectivity index (χ3v) is 6.92. The van der Waals surface area contributed by atoms with E-state index in [0.29, 0.717) is 19.4 Å². The molecule has 1 atom stereocenters. The van der Waals surface area contributed by atoms with Crippen LogP contribution in [0.3, 0.4) is 0 Å². The van der Waals surface area contributed by atoms with Gasteiger partial charge in [-0.25, -0.2) is 13.1 Å². The van der Waals surface area contributed by atoms with E-state index >= 15 is 0 Å². The van der Waals surface area contributed by atoms with Gasteiger partial charge in [-0.2, -0.15) is 0 Å². The summed E-state index contributed by atoms with van der Waals surface area (Å²) in [6, 6.07) is 15.8. The van der Waals surface area contributed by atoms with Crippen molar-refractivity contribution in [3.63, 3.8) is 0 Å². The van der Waals surface area contributed by atoms with E-state index in [4.69, 9.17) is 4.74 Å². The molecule has 0 spiro atoms. The number of nitrogens with zero attached hydrogens (tertiary/aromatic N) is 1. The maximum absolute atomic E-state index is 12.7. The lowest BCUT2D eigenvalue weighted by Crippen LogP contribution is -2.41. The Bertz CT molecular complexity index is 927. The smallest absolute Gasteiger partial charge is 0.241 e. The molecule has 0 aliphatic carbocycles. The molecular weight excluding hydrogens is 414 g/mol. The number of hydrogen-bond donors (Lipinski definition) is 2. The highest BCUT2D eigenvalue weighted by atomic mass is 32.2. The van der Waals surface area contributed by atoms with Gasteiger partial charge in [-0.15, -0.1) is 0 Å². The topological polar surface area (TPSA) is 87.7 Å². The summed E-state index contributed by atoms with van der Waals surface area (Å²) in [5.74, 6) is 0.00306. The van der Waals surface area contributed by atoms with E-state index in [1.54, 1.807) is 24.3 Å². The van der Waals surface area contributed by atoms with Crippen LogP contribution < -0.4 is 10.0 Å². The van der Waals surface area contributed by atoms with Crippen molar-refractivity contribution >= 4 is 15.9 Å². The molecule has 1 fully saturated rings. The lowest BCUT2D eigenvalue weighted by molar-refractivity contribution is -0.121. The summed E-state index contributed by atoms with van der Waals surface area (Å²) < 4.78 is 33.3. The van der Waals surface area contributed by atoms with Gasteiger partial charge in [-0.3, -0.25) is 9.69 Å². The first-order valence-corrected chi connectivity index (χ1v) is 12.2. The van der Waals surface area contributed by atoms with Gasteiger partial charge in [0.2, 0.25) is 15.9 Å². The first-order chi connectivity index (χ1) is 14.9. The number of hydrogen-bond acceptors (Lipinski definition) is 5. The number of carbonyl (C=O) groups excluding carboxylic acids is 1. The van der Waals surface area contributed by atoms with Gasteiger partial charge in [0.15, 0.2) is 0 Å². The Morgan fingerprint density at radius 2 is 1.74 bits per heavy atom. The molecule has 3 rings (SSSR count). The molecule has 7 nitrogen and oxygen atoms in total. The molecule has 168 valence electrons. The second kappa shape index (κ2) is 11.4. The summed E-state index contributed by atoms with van der Waals surface area (Å²) in [5.41, 5.74) is 1.83. The Kier molecular flexibility index (Phi) is 8.60. The van der Waals surface area contributed by atoms with Crippen molar-refractivity contribution in [3.05, 3.63) is 65.7 Å². The summed E-state index contributed by atoms with van der Waals surface area (Å²) in [7, 11) is -3.62. The Hall–Kier alpha value is -2.26. The number of sulfonamides is 1. The highest BCUT2D eigenvalue weighted by Crippen LogP contribution is 2.17. The number of benzene rings is 2. The number of ether oxygens (including phenoxy) is 1. The fourth-order valence-electron chi connectivity index (χ4n) is 3.47. The summed E-state index contributed by atoms with van der Waals surface area (Å²) >= 11 is 0. The molecule has 1 amide bonds. The van der Waals surface area contributed by atoms with Gasteiger partial charge in [-0.05, 0) is 36.6 Å². The zero-order chi connectivity index (χ0) is 22.1. The van der Waals surface area contributed by atoms with Gasteiger partial charge in [0.25, 0.3) is 0 Å². The lowest BCUT2D eigenvalue weighted by Gasteiger charge is -2.26. The number of carbonyl (C=O) groups is 1. The third kappa shape index (κ3) is 7.43. The monoisotopic (exact) mass is 445 g/mol. The van der Waals surface area contributed by atoms with E-state index in [2.05, 4.69) is 14.9 Å². The van der Waals surface area contributed by atoms with E-state index in [0.717, 1.165) is 44.0 Å². The van der Waals surface area contributed by atoms with Gasteiger partial charge in [-0.1, -0.05) is 42.5 Å². The van der Waals surface area contributed by atoms with Crippen LogP contribution in [0.25, 0.3) is 0 Å². The van der Waals surface area contributed by atoms with E-state index in [1.165, 1.54) is 0 Å². The highest BCUT2D eigenvalue weighted by molar-refractivity contribution is 7.89. The number of rotatable bonds is 10. The Morgan fingerprint density at radius 1 is 1.06 bits per heavy atom. The zero-order valence-corrected chi connectivity index (χ0v) is 18.7. The molecule has 1 aliphatic rings. The van der Waals surface area contributed by atoms with Crippen LogP contribution in [0.2, 0.25) is 0 Å². The Morgan fingerprint density at radius 3 is 2.42 bits per heavy atom. The van der Waals surface area contributed by atoms with E-state index in [9.17, 15) is 13.2 Å². The van der Waals surface area contributed by atoms with Crippen molar-refractivity contribution in [2.24, 2.45) is 0 Å². The molecular formula is C23H31N3O4S. The second-order valence-corrected chi connectivity index (χ2v) is 9.42. The molecule has 0 radical (unpaired) electrons. The summed E-state index contributed by atoms with van der Waals surface area (Å²) in [6.07, 6.45) is 0.941. The minimum absolute atomic E-state index is 0.00306. The summed E-state index contributed by atoms with van der Waals surface area (Å²) in [4.78, 5) is 14.6. The van der Waals surface area contributed by atoms with Gasteiger partial charge >= 0.3 is 0 Å². The molecule has 1 aliphatic heterocycles. The minimum atomic E-state index is -3.62. The van der Waals surface area contributed by atoms with Crippen LogP contribution in [-0.4, -0.2) is 58.6 Å². The van der Waals surface area contributed by atoms with E-state index in [1.807, 2.05) is 37.3 Å². The van der Waals surface area contributed by atoms with Crippen molar-refractivity contribution in [2.75, 3.05) is 39.4 Å². The zero-order valence-electron chi connectivity index (χ0n) is 17.9. The normalized spacial score (nSPS) is 16.0. The number of amides is 1. The average Bonchev–Trinajstić information content (AvgIpc) is 2.79. The van der Waals surface area contributed by atoms with Crippen LogP contribution in [0.15, 0.2) is 59.5 Å². The van der Waals surface area contributed by atoms with Gasteiger partial charge in [0.1, 0.15) is 0 Å². The Balaban J connectivity index is 1.44. The molecule has 2 N–H and O–H groups in total. The molecule has 0 bridgehead atoms. The van der Waals surface area contributed by atoms with Crippen LogP contribution in [0.5, 0.6) is 0 Å². The molecule has 1 saturated heterocycles. The summed E-state index contributed by atoms with van der Waals surface area (Å²) in [6.45, 7) is 6.59. The number of aryl methyl sites for hydroxylation is 1. The standard InChI is InChI=1S/C23H31N3O4S/c1-19(21-5-3-2-4-6-21)25-31(28,29)22-10-7-20(8-11-22)9-12-23(27)24-13-14-26-15-17-30-18-16-26/h2-8,10-11,19,25H,9,12-18H2,1H3,(H,24,27)/t19-/m0/s1. The van der Waals surface area contributed by atoms with Crippen molar-refractivity contribution in [3.8, 4) is 0 Å². The highest BCUT2D eigenvalue weighted by Gasteiger charge is 2.18. The third-order valence-electron chi connectivity index (χ3n) is 5.36. The van der Waals surface area contributed by atoms with Crippen molar-refractivity contribution in [2.45, 2.75) is 30.7 Å². The largest absolute Gasteiger partial charge is 0.379 e. The number of nitrogens with one attached hydrogen (secondary N) is 2. The van der Waals surface area contributed by atoms with Crippen molar-refractivity contribution in [1.29, 1.82) is 0 Å². The predicted molar refractivity (Wildman–Crippen MR) is 120 cm³/mol. The molecule has 2 aromatic carbocycles. The molecule has 0 unspecified atom stereocenters. The van der Waals surface area contributed by atoms with Crippen LogP contribution in [-0.2, 0) is 26.0 Å². The molecule has 8 heteroatoms. The van der Waals surface area contributed by atoms with Crippen molar-refractivity contribution < 1.29 is 17.9 Å². The van der Waals surface area contributed by atoms with E-state index < -0.39 is 10.0 Å².